The molecule has 0 aliphatic carbocycles. The molecule has 2 heterocycles. The molecule has 2 aliphatic heterocycles. The first kappa shape index (κ1) is 14.8. The van der Waals surface area contributed by atoms with E-state index in [0.717, 1.165) is 31.8 Å². The van der Waals surface area contributed by atoms with E-state index < -0.39 is 0 Å². The predicted octanol–water partition coefficient (Wildman–Crippen LogP) is 1.22. The molecule has 0 atom stereocenters. The molecule has 0 aromatic carbocycles. The van der Waals surface area contributed by atoms with Gasteiger partial charge in [0.15, 0.2) is 0 Å². The number of hydrogen-bond donors (Lipinski definition) is 2. The molecule has 0 aromatic rings. The van der Waals surface area contributed by atoms with Crippen LogP contribution in [-0.2, 0) is 4.79 Å². The summed E-state index contributed by atoms with van der Waals surface area (Å²) in [7, 11) is 0. The van der Waals surface area contributed by atoms with E-state index in [4.69, 9.17) is 0 Å². The minimum atomic E-state index is 0.104. The minimum Gasteiger partial charge on any atom is -0.353 e. The monoisotopic (exact) mass is 267 g/mol. The molecule has 0 saturated carbocycles. The number of piperidine rings is 2. The molecule has 2 rings (SSSR count). The summed E-state index contributed by atoms with van der Waals surface area (Å²) in [5.41, 5.74) is 0. The third-order valence-electron chi connectivity index (χ3n) is 4.43. The van der Waals surface area contributed by atoms with E-state index in [1.165, 1.54) is 32.5 Å². The van der Waals surface area contributed by atoms with Gasteiger partial charge < -0.3 is 15.5 Å². The van der Waals surface area contributed by atoms with Crippen molar-refractivity contribution in [1.82, 2.24) is 15.5 Å². The average molecular weight is 267 g/mol. The van der Waals surface area contributed by atoms with E-state index in [9.17, 15) is 4.79 Å². The molecule has 19 heavy (non-hydrogen) atoms. The van der Waals surface area contributed by atoms with Crippen LogP contribution < -0.4 is 10.6 Å². The molecular weight excluding hydrogens is 238 g/mol. The molecule has 1 amide bonds. The SMILES string of the molecule is CC(C)C(=O)NC1CCN(CC2CCNCC2)CC1. The van der Waals surface area contributed by atoms with Crippen molar-refractivity contribution < 1.29 is 4.79 Å². The van der Waals surface area contributed by atoms with Crippen LogP contribution in [0.15, 0.2) is 0 Å². The summed E-state index contributed by atoms with van der Waals surface area (Å²) in [5, 5.41) is 6.59. The molecule has 0 spiro atoms. The van der Waals surface area contributed by atoms with Gasteiger partial charge >= 0.3 is 0 Å². The summed E-state index contributed by atoms with van der Waals surface area (Å²) in [5.74, 6) is 1.19. The lowest BCUT2D eigenvalue weighted by Gasteiger charge is -2.35. The molecular formula is C15H29N3O. The summed E-state index contributed by atoms with van der Waals surface area (Å²) < 4.78 is 0. The number of likely N-dealkylation sites (tertiary alicyclic amines) is 1. The van der Waals surface area contributed by atoms with Crippen LogP contribution in [0.1, 0.15) is 39.5 Å². The first-order chi connectivity index (χ1) is 9.15. The summed E-state index contributed by atoms with van der Waals surface area (Å²) in [6.45, 7) is 9.84. The molecule has 110 valence electrons. The minimum absolute atomic E-state index is 0.104. The van der Waals surface area contributed by atoms with Crippen LogP contribution in [0, 0.1) is 11.8 Å². The van der Waals surface area contributed by atoms with Crippen LogP contribution >= 0.6 is 0 Å². The maximum Gasteiger partial charge on any atom is 0.222 e. The Bertz CT molecular complexity index is 279. The molecule has 0 unspecified atom stereocenters. The molecule has 2 N–H and O–H groups in total. The van der Waals surface area contributed by atoms with E-state index in [1.54, 1.807) is 0 Å². The first-order valence-corrected chi connectivity index (χ1v) is 7.88. The lowest BCUT2D eigenvalue weighted by molar-refractivity contribution is -0.125. The molecule has 0 bridgehead atoms. The van der Waals surface area contributed by atoms with Gasteiger partial charge in [0, 0.05) is 31.6 Å². The van der Waals surface area contributed by atoms with Gasteiger partial charge in [-0.05, 0) is 44.7 Å². The summed E-state index contributed by atoms with van der Waals surface area (Å²) in [6.07, 6.45) is 4.88. The van der Waals surface area contributed by atoms with Crippen LogP contribution in [0.25, 0.3) is 0 Å². The number of amides is 1. The van der Waals surface area contributed by atoms with Crippen molar-refractivity contribution in [3.05, 3.63) is 0 Å². The van der Waals surface area contributed by atoms with Gasteiger partial charge in [0.2, 0.25) is 5.91 Å². The van der Waals surface area contributed by atoms with E-state index in [0.29, 0.717) is 6.04 Å². The number of hydrogen-bond acceptors (Lipinski definition) is 3. The van der Waals surface area contributed by atoms with Crippen molar-refractivity contribution in [2.45, 2.75) is 45.6 Å². The average Bonchev–Trinajstić information content (AvgIpc) is 2.42. The molecule has 2 saturated heterocycles. The van der Waals surface area contributed by atoms with Gasteiger partial charge in [-0.25, -0.2) is 0 Å². The molecule has 4 heteroatoms. The zero-order valence-electron chi connectivity index (χ0n) is 12.5. The highest BCUT2D eigenvalue weighted by atomic mass is 16.1. The normalized spacial score (nSPS) is 23.7. The van der Waals surface area contributed by atoms with Crippen molar-refractivity contribution in [2.24, 2.45) is 11.8 Å². The van der Waals surface area contributed by atoms with Crippen LogP contribution in [-0.4, -0.2) is 49.6 Å². The summed E-state index contributed by atoms with van der Waals surface area (Å²) in [4.78, 5) is 14.3. The number of rotatable bonds is 4. The van der Waals surface area contributed by atoms with E-state index in [2.05, 4.69) is 15.5 Å². The largest absolute Gasteiger partial charge is 0.353 e. The van der Waals surface area contributed by atoms with Crippen molar-refractivity contribution in [2.75, 3.05) is 32.7 Å². The maximum atomic E-state index is 11.7. The lowest BCUT2D eigenvalue weighted by atomic mass is 9.95. The third kappa shape index (κ3) is 4.77. The van der Waals surface area contributed by atoms with Gasteiger partial charge in [-0.3, -0.25) is 4.79 Å². The Balaban J connectivity index is 1.65. The van der Waals surface area contributed by atoms with E-state index >= 15 is 0 Å². The predicted molar refractivity (Wildman–Crippen MR) is 78.0 cm³/mol. The molecule has 2 fully saturated rings. The molecule has 0 aromatic heterocycles. The van der Waals surface area contributed by atoms with Crippen molar-refractivity contribution in [3.8, 4) is 0 Å². The van der Waals surface area contributed by atoms with Crippen LogP contribution in [0.5, 0.6) is 0 Å². The number of nitrogens with zero attached hydrogens (tertiary/aromatic N) is 1. The Morgan fingerprint density at radius 3 is 2.42 bits per heavy atom. The molecule has 4 nitrogen and oxygen atoms in total. The van der Waals surface area contributed by atoms with Crippen LogP contribution in [0.3, 0.4) is 0 Å². The molecule has 0 radical (unpaired) electrons. The van der Waals surface area contributed by atoms with E-state index in [1.807, 2.05) is 13.8 Å². The Labute approximate surface area is 117 Å². The highest BCUT2D eigenvalue weighted by molar-refractivity contribution is 5.78. The second-order valence-electron chi connectivity index (χ2n) is 6.43. The van der Waals surface area contributed by atoms with Crippen molar-refractivity contribution in [3.63, 3.8) is 0 Å². The summed E-state index contributed by atoms with van der Waals surface area (Å²) >= 11 is 0. The highest BCUT2D eigenvalue weighted by Crippen LogP contribution is 2.17. The fourth-order valence-electron chi connectivity index (χ4n) is 3.06. The number of carbonyl (C=O) groups is 1. The third-order valence-corrected chi connectivity index (χ3v) is 4.43. The quantitative estimate of drug-likeness (QED) is 0.805. The zero-order valence-corrected chi connectivity index (χ0v) is 12.5. The molecule has 2 aliphatic rings. The zero-order chi connectivity index (χ0) is 13.7. The van der Waals surface area contributed by atoms with Gasteiger partial charge in [0.1, 0.15) is 0 Å². The number of carbonyl (C=O) groups excluding carboxylic acids is 1. The van der Waals surface area contributed by atoms with Crippen molar-refractivity contribution >= 4 is 5.91 Å². The Kier molecular flexibility index (Phi) is 5.64. The topological polar surface area (TPSA) is 44.4 Å². The fraction of sp³-hybridized carbons (Fsp3) is 0.933. The van der Waals surface area contributed by atoms with Gasteiger partial charge in [-0.1, -0.05) is 13.8 Å². The number of nitrogens with one attached hydrogen (secondary N) is 2. The Morgan fingerprint density at radius 2 is 1.84 bits per heavy atom. The summed E-state index contributed by atoms with van der Waals surface area (Å²) in [6, 6.07) is 0.402. The second-order valence-corrected chi connectivity index (χ2v) is 6.43. The Hall–Kier alpha value is -0.610. The van der Waals surface area contributed by atoms with E-state index in [-0.39, 0.29) is 11.8 Å². The standard InChI is InChI=1S/C15H29N3O/c1-12(2)15(19)17-14-5-9-18(10-6-14)11-13-3-7-16-8-4-13/h12-14,16H,3-11H2,1-2H3,(H,17,19). The van der Waals surface area contributed by atoms with Gasteiger partial charge in [-0.2, -0.15) is 0 Å². The first-order valence-electron chi connectivity index (χ1n) is 7.88. The Morgan fingerprint density at radius 1 is 1.21 bits per heavy atom. The smallest absolute Gasteiger partial charge is 0.222 e. The van der Waals surface area contributed by atoms with Crippen molar-refractivity contribution in [1.29, 1.82) is 0 Å². The lowest BCUT2D eigenvalue weighted by Crippen LogP contribution is -2.47. The van der Waals surface area contributed by atoms with Gasteiger partial charge in [0.05, 0.1) is 0 Å². The highest BCUT2D eigenvalue weighted by Gasteiger charge is 2.23. The second kappa shape index (κ2) is 7.25. The van der Waals surface area contributed by atoms with Gasteiger partial charge in [0.25, 0.3) is 0 Å². The maximum absolute atomic E-state index is 11.7. The van der Waals surface area contributed by atoms with Crippen LogP contribution in [0.2, 0.25) is 0 Å². The van der Waals surface area contributed by atoms with Crippen LogP contribution in [0.4, 0.5) is 0 Å². The fourth-order valence-corrected chi connectivity index (χ4v) is 3.06. The van der Waals surface area contributed by atoms with Gasteiger partial charge in [-0.15, -0.1) is 0 Å².